The molecule has 0 aromatic carbocycles. The Morgan fingerprint density at radius 2 is 2.25 bits per heavy atom. The smallest absolute Gasteiger partial charge is 0.223 e. The lowest BCUT2D eigenvalue weighted by molar-refractivity contribution is -0.126. The van der Waals surface area contributed by atoms with Crippen LogP contribution in [-0.2, 0) is 11.3 Å². The Labute approximate surface area is 95.4 Å². The maximum atomic E-state index is 11.8. The Bertz CT molecular complexity index is 354. The predicted octanol–water partition coefficient (Wildman–Crippen LogP) is 2.18. The molecule has 1 N–H and O–H groups in total. The van der Waals surface area contributed by atoms with Crippen molar-refractivity contribution >= 4 is 5.91 Å². The van der Waals surface area contributed by atoms with E-state index in [1.165, 1.54) is 25.7 Å². The number of aromatic nitrogens is 1. The van der Waals surface area contributed by atoms with Crippen LogP contribution in [0.1, 0.15) is 43.6 Å². The van der Waals surface area contributed by atoms with E-state index in [1.807, 2.05) is 6.92 Å². The van der Waals surface area contributed by atoms with Crippen LogP contribution in [0.15, 0.2) is 10.8 Å². The van der Waals surface area contributed by atoms with E-state index in [0.29, 0.717) is 6.54 Å². The lowest BCUT2D eigenvalue weighted by Crippen LogP contribution is -2.31. The van der Waals surface area contributed by atoms with Gasteiger partial charge < -0.3 is 9.73 Å². The van der Waals surface area contributed by atoms with Gasteiger partial charge in [0.25, 0.3) is 0 Å². The number of amides is 1. The fourth-order valence-electron chi connectivity index (χ4n) is 2.17. The van der Waals surface area contributed by atoms with Crippen LogP contribution < -0.4 is 5.32 Å². The van der Waals surface area contributed by atoms with E-state index >= 15 is 0 Å². The zero-order chi connectivity index (χ0) is 11.4. The van der Waals surface area contributed by atoms with Gasteiger partial charge in [0.05, 0.1) is 12.2 Å². The van der Waals surface area contributed by atoms with Crippen molar-refractivity contribution in [2.45, 2.75) is 45.6 Å². The number of hydrogen-bond acceptors (Lipinski definition) is 3. The van der Waals surface area contributed by atoms with Gasteiger partial charge in [-0.25, -0.2) is 4.98 Å². The molecule has 0 unspecified atom stereocenters. The lowest BCUT2D eigenvalue weighted by Gasteiger charge is -2.20. The summed E-state index contributed by atoms with van der Waals surface area (Å²) in [7, 11) is 0. The highest BCUT2D eigenvalue weighted by molar-refractivity contribution is 5.78. The van der Waals surface area contributed by atoms with E-state index in [-0.39, 0.29) is 11.8 Å². The van der Waals surface area contributed by atoms with Crippen molar-refractivity contribution in [1.29, 1.82) is 0 Å². The average Bonchev–Trinajstić information content (AvgIpc) is 2.73. The van der Waals surface area contributed by atoms with E-state index in [4.69, 9.17) is 4.42 Å². The van der Waals surface area contributed by atoms with Crippen molar-refractivity contribution in [2.75, 3.05) is 0 Å². The molecule has 0 aliphatic heterocycles. The maximum absolute atomic E-state index is 11.8. The Balaban J connectivity index is 1.81. The molecule has 4 nitrogen and oxygen atoms in total. The number of rotatable bonds is 3. The highest BCUT2D eigenvalue weighted by Gasteiger charge is 2.21. The summed E-state index contributed by atoms with van der Waals surface area (Å²) in [5, 5.41) is 2.92. The zero-order valence-electron chi connectivity index (χ0n) is 9.66. The normalized spacial score (nSPS) is 17.3. The second-order valence-corrected chi connectivity index (χ2v) is 4.41. The summed E-state index contributed by atoms with van der Waals surface area (Å²) < 4.78 is 5.18. The summed E-state index contributed by atoms with van der Waals surface area (Å²) in [6.07, 6.45) is 7.10. The van der Waals surface area contributed by atoms with Crippen LogP contribution in [0.4, 0.5) is 0 Å². The van der Waals surface area contributed by atoms with E-state index in [9.17, 15) is 4.79 Å². The molecule has 0 spiro atoms. The van der Waals surface area contributed by atoms with Crippen LogP contribution in [0.5, 0.6) is 0 Å². The first kappa shape index (κ1) is 11.2. The molecule has 0 radical (unpaired) electrons. The van der Waals surface area contributed by atoms with Crippen molar-refractivity contribution in [3.63, 3.8) is 0 Å². The molecular formula is C12H18N2O2. The lowest BCUT2D eigenvalue weighted by atomic mass is 9.89. The minimum absolute atomic E-state index is 0.163. The van der Waals surface area contributed by atoms with Gasteiger partial charge in [-0.1, -0.05) is 19.3 Å². The molecule has 1 aromatic rings. The van der Waals surface area contributed by atoms with Crippen LogP contribution in [0.25, 0.3) is 0 Å². The number of nitrogens with one attached hydrogen (secondary N) is 1. The number of carbonyl (C=O) groups is 1. The van der Waals surface area contributed by atoms with Gasteiger partial charge in [-0.3, -0.25) is 4.79 Å². The van der Waals surface area contributed by atoms with Gasteiger partial charge in [0.15, 0.2) is 6.39 Å². The summed E-state index contributed by atoms with van der Waals surface area (Å²) >= 11 is 0. The van der Waals surface area contributed by atoms with Gasteiger partial charge in [0.2, 0.25) is 5.91 Å². The Kier molecular flexibility index (Phi) is 3.59. The van der Waals surface area contributed by atoms with E-state index in [2.05, 4.69) is 10.3 Å². The van der Waals surface area contributed by atoms with Crippen molar-refractivity contribution in [2.24, 2.45) is 5.92 Å². The van der Waals surface area contributed by atoms with E-state index < -0.39 is 0 Å². The largest absolute Gasteiger partial charge is 0.446 e. The highest BCUT2D eigenvalue weighted by atomic mass is 16.3. The first-order chi connectivity index (χ1) is 7.77. The summed E-state index contributed by atoms with van der Waals surface area (Å²) in [5.74, 6) is 1.12. The number of carbonyl (C=O) groups excluding carboxylic acids is 1. The predicted molar refractivity (Wildman–Crippen MR) is 59.7 cm³/mol. The SMILES string of the molecule is Cc1ncoc1CNC(=O)C1CCCCC1. The van der Waals surface area contributed by atoms with Crippen molar-refractivity contribution < 1.29 is 9.21 Å². The Morgan fingerprint density at radius 1 is 1.50 bits per heavy atom. The van der Waals surface area contributed by atoms with Gasteiger partial charge >= 0.3 is 0 Å². The molecular weight excluding hydrogens is 204 g/mol. The quantitative estimate of drug-likeness (QED) is 0.852. The molecule has 1 saturated carbocycles. The number of nitrogens with zero attached hydrogens (tertiary/aromatic N) is 1. The van der Waals surface area contributed by atoms with Crippen LogP contribution in [0.3, 0.4) is 0 Å². The van der Waals surface area contributed by atoms with Crippen molar-refractivity contribution in [3.8, 4) is 0 Å². The third kappa shape index (κ3) is 2.62. The van der Waals surface area contributed by atoms with Crippen LogP contribution >= 0.6 is 0 Å². The van der Waals surface area contributed by atoms with E-state index in [0.717, 1.165) is 24.3 Å². The fraction of sp³-hybridized carbons (Fsp3) is 0.667. The zero-order valence-corrected chi connectivity index (χ0v) is 9.66. The van der Waals surface area contributed by atoms with Crippen molar-refractivity contribution in [1.82, 2.24) is 10.3 Å². The molecule has 1 aliphatic carbocycles. The van der Waals surface area contributed by atoms with E-state index in [1.54, 1.807) is 0 Å². The fourth-order valence-corrected chi connectivity index (χ4v) is 2.17. The topological polar surface area (TPSA) is 55.1 Å². The molecule has 0 saturated heterocycles. The molecule has 0 bridgehead atoms. The standard InChI is InChI=1S/C12H18N2O2/c1-9-11(16-8-14-9)7-13-12(15)10-5-3-2-4-6-10/h8,10H,2-7H2,1H3,(H,13,15). The van der Waals surface area contributed by atoms with Gasteiger partial charge in [-0.05, 0) is 19.8 Å². The molecule has 1 fully saturated rings. The number of aryl methyl sites for hydroxylation is 1. The molecule has 16 heavy (non-hydrogen) atoms. The average molecular weight is 222 g/mol. The second kappa shape index (κ2) is 5.14. The molecule has 0 atom stereocenters. The van der Waals surface area contributed by atoms with Gasteiger partial charge in [-0.2, -0.15) is 0 Å². The first-order valence-electron chi connectivity index (χ1n) is 5.94. The maximum Gasteiger partial charge on any atom is 0.223 e. The third-order valence-corrected chi connectivity index (χ3v) is 3.24. The molecule has 1 heterocycles. The van der Waals surface area contributed by atoms with Gasteiger partial charge in [-0.15, -0.1) is 0 Å². The van der Waals surface area contributed by atoms with Crippen LogP contribution in [0.2, 0.25) is 0 Å². The molecule has 1 amide bonds. The molecule has 2 rings (SSSR count). The Morgan fingerprint density at radius 3 is 2.88 bits per heavy atom. The monoisotopic (exact) mass is 222 g/mol. The summed E-state index contributed by atoms with van der Waals surface area (Å²) in [6, 6.07) is 0. The minimum atomic E-state index is 0.163. The molecule has 1 aliphatic rings. The first-order valence-corrected chi connectivity index (χ1v) is 5.94. The summed E-state index contributed by atoms with van der Waals surface area (Å²) in [6.45, 7) is 2.34. The minimum Gasteiger partial charge on any atom is -0.446 e. The number of hydrogen-bond donors (Lipinski definition) is 1. The van der Waals surface area contributed by atoms with Gasteiger partial charge in [0, 0.05) is 5.92 Å². The summed E-state index contributed by atoms with van der Waals surface area (Å²) in [4.78, 5) is 15.8. The molecule has 88 valence electrons. The van der Waals surface area contributed by atoms with Crippen molar-refractivity contribution in [3.05, 3.63) is 17.8 Å². The second-order valence-electron chi connectivity index (χ2n) is 4.41. The van der Waals surface area contributed by atoms with Crippen LogP contribution in [0, 0.1) is 12.8 Å². The highest BCUT2D eigenvalue weighted by Crippen LogP contribution is 2.23. The van der Waals surface area contributed by atoms with Gasteiger partial charge in [0.1, 0.15) is 5.76 Å². The third-order valence-electron chi connectivity index (χ3n) is 3.24. The molecule has 4 heteroatoms. The molecule has 1 aromatic heterocycles. The number of oxazole rings is 1. The summed E-state index contributed by atoms with van der Waals surface area (Å²) in [5.41, 5.74) is 0.851. The Hall–Kier alpha value is -1.32. The van der Waals surface area contributed by atoms with Crippen LogP contribution in [-0.4, -0.2) is 10.9 Å².